The predicted octanol–water partition coefficient (Wildman–Crippen LogP) is 2.84. The molecule has 1 N–H and O–H groups in total. The average Bonchev–Trinajstić information content (AvgIpc) is 2.69. The van der Waals surface area contributed by atoms with Gasteiger partial charge in [0.1, 0.15) is 5.75 Å². The summed E-state index contributed by atoms with van der Waals surface area (Å²) in [6, 6.07) is 10.1. The number of hydrogen-bond donors (Lipinski definition) is 1. The number of carbonyl (C=O) groups is 2. The lowest BCUT2D eigenvalue weighted by molar-refractivity contribution is -0.124. The molecule has 0 saturated heterocycles. The number of methoxy groups -OCH3 is 3. The Balaban J connectivity index is 1.89. The van der Waals surface area contributed by atoms with Crippen molar-refractivity contribution < 1.29 is 28.5 Å². The van der Waals surface area contributed by atoms with E-state index in [0.717, 1.165) is 11.3 Å². The Hall–Kier alpha value is -2.93. The third-order valence-electron chi connectivity index (χ3n) is 3.65. The van der Waals surface area contributed by atoms with Crippen LogP contribution in [0.25, 0.3) is 0 Å². The lowest BCUT2D eigenvalue weighted by atomic mass is 10.2. The van der Waals surface area contributed by atoms with Crippen LogP contribution in [-0.4, -0.2) is 39.8 Å². The zero-order chi connectivity index (χ0) is 19.8. The normalized spacial score (nSPS) is 10.1. The van der Waals surface area contributed by atoms with Gasteiger partial charge in [-0.15, -0.1) is 0 Å². The molecule has 0 aliphatic rings. The molecule has 0 aliphatic carbocycles. The molecule has 2 rings (SSSR count). The second-order valence-electron chi connectivity index (χ2n) is 5.39. The molecule has 0 fully saturated rings. The molecule has 8 heteroatoms. The maximum atomic E-state index is 12.1. The molecule has 0 bridgehead atoms. The van der Waals surface area contributed by atoms with E-state index in [1.165, 1.54) is 26.4 Å². The molecule has 1 amide bonds. The van der Waals surface area contributed by atoms with Gasteiger partial charge in [0.25, 0.3) is 5.91 Å². The van der Waals surface area contributed by atoms with Crippen LogP contribution >= 0.6 is 11.6 Å². The Morgan fingerprint density at radius 2 is 1.70 bits per heavy atom. The first-order valence-electron chi connectivity index (χ1n) is 7.96. The van der Waals surface area contributed by atoms with E-state index in [1.54, 1.807) is 19.2 Å². The number of amides is 1. The van der Waals surface area contributed by atoms with Crippen molar-refractivity contribution in [2.75, 3.05) is 27.9 Å². The van der Waals surface area contributed by atoms with Gasteiger partial charge in [0, 0.05) is 6.54 Å². The van der Waals surface area contributed by atoms with Crippen LogP contribution in [-0.2, 0) is 16.1 Å². The van der Waals surface area contributed by atoms with Gasteiger partial charge in [-0.3, -0.25) is 4.79 Å². The summed E-state index contributed by atoms with van der Waals surface area (Å²) in [5.41, 5.74) is 1.04. The first-order chi connectivity index (χ1) is 13.0. The maximum Gasteiger partial charge on any atom is 0.338 e. The highest BCUT2D eigenvalue weighted by atomic mass is 35.5. The molecule has 0 radical (unpaired) electrons. The van der Waals surface area contributed by atoms with Gasteiger partial charge in [-0.05, 0) is 29.8 Å². The smallest absolute Gasteiger partial charge is 0.338 e. The molecular formula is C19H20ClNO6. The molecule has 0 aliphatic heterocycles. The quantitative estimate of drug-likeness (QED) is 0.694. The number of ether oxygens (including phenoxy) is 4. The SMILES string of the molecule is COc1ccc(CNC(=O)COC(=O)c2cc(Cl)c(OC)c(OC)c2)cc1. The predicted molar refractivity (Wildman–Crippen MR) is 99.7 cm³/mol. The average molecular weight is 394 g/mol. The molecule has 0 atom stereocenters. The van der Waals surface area contributed by atoms with Crippen molar-refractivity contribution in [3.8, 4) is 17.2 Å². The molecule has 2 aromatic rings. The third-order valence-corrected chi connectivity index (χ3v) is 3.93. The fourth-order valence-electron chi connectivity index (χ4n) is 2.25. The Morgan fingerprint density at radius 1 is 1.00 bits per heavy atom. The molecular weight excluding hydrogens is 374 g/mol. The largest absolute Gasteiger partial charge is 0.497 e. The fraction of sp³-hybridized carbons (Fsp3) is 0.263. The van der Waals surface area contributed by atoms with Crippen molar-refractivity contribution in [3.63, 3.8) is 0 Å². The standard InChI is InChI=1S/C19H20ClNO6/c1-24-14-6-4-12(5-7-14)10-21-17(22)11-27-19(23)13-8-15(20)18(26-3)16(9-13)25-2/h4-9H,10-11H2,1-3H3,(H,21,22). The number of carbonyl (C=O) groups excluding carboxylic acids is 2. The lowest BCUT2D eigenvalue weighted by Crippen LogP contribution is -2.28. The molecule has 144 valence electrons. The molecule has 27 heavy (non-hydrogen) atoms. The van der Waals surface area contributed by atoms with Crippen molar-refractivity contribution in [3.05, 3.63) is 52.5 Å². The summed E-state index contributed by atoms with van der Waals surface area (Å²) in [4.78, 5) is 24.0. The summed E-state index contributed by atoms with van der Waals surface area (Å²) in [6.45, 7) is -0.108. The first kappa shape index (κ1) is 20.4. The second kappa shape index (κ2) is 9.68. The van der Waals surface area contributed by atoms with Crippen LogP contribution < -0.4 is 19.5 Å². The van der Waals surface area contributed by atoms with E-state index in [0.29, 0.717) is 18.0 Å². The van der Waals surface area contributed by atoms with Crippen molar-refractivity contribution >= 4 is 23.5 Å². The summed E-state index contributed by atoms with van der Waals surface area (Å²) in [7, 11) is 4.45. The number of benzene rings is 2. The van der Waals surface area contributed by atoms with Crippen LogP contribution in [0.3, 0.4) is 0 Å². The Bertz CT molecular complexity index is 807. The highest BCUT2D eigenvalue weighted by Crippen LogP contribution is 2.36. The summed E-state index contributed by atoms with van der Waals surface area (Å²) in [5.74, 6) is 0.213. The van der Waals surface area contributed by atoms with Crippen molar-refractivity contribution in [1.82, 2.24) is 5.32 Å². The van der Waals surface area contributed by atoms with Gasteiger partial charge in [0.05, 0.1) is 31.9 Å². The van der Waals surface area contributed by atoms with Crippen LogP contribution in [0.2, 0.25) is 5.02 Å². The van der Waals surface area contributed by atoms with Crippen LogP contribution in [0.4, 0.5) is 0 Å². The van der Waals surface area contributed by atoms with E-state index in [1.807, 2.05) is 12.1 Å². The van der Waals surface area contributed by atoms with E-state index in [-0.39, 0.29) is 10.6 Å². The van der Waals surface area contributed by atoms with Gasteiger partial charge < -0.3 is 24.3 Å². The molecule has 0 heterocycles. The van der Waals surface area contributed by atoms with Crippen molar-refractivity contribution in [2.45, 2.75) is 6.54 Å². The zero-order valence-corrected chi connectivity index (χ0v) is 16.0. The third kappa shape index (κ3) is 5.52. The minimum atomic E-state index is -0.697. The van der Waals surface area contributed by atoms with E-state index >= 15 is 0 Å². The van der Waals surface area contributed by atoms with Gasteiger partial charge in [0.2, 0.25) is 0 Å². The summed E-state index contributed by atoms with van der Waals surface area (Å²) in [5, 5.41) is 2.87. The molecule has 0 unspecified atom stereocenters. The topological polar surface area (TPSA) is 83.1 Å². The van der Waals surface area contributed by atoms with E-state index in [2.05, 4.69) is 5.32 Å². The highest BCUT2D eigenvalue weighted by Gasteiger charge is 2.17. The van der Waals surface area contributed by atoms with E-state index in [9.17, 15) is 9.59 Å². The molecule has 0 aromatic heterocycles. The molecule has 0 saturated carbocycles. The van der Waals surface area contributed by atoms with Crippen LogP contribution in [0.5, 0.6) is 17.2 Å². The fourth-order valence-corrected chi connectivity index (χ4v) is 2.53. The minimum absolute atomic E-state index is 0.153. The van der Waals surface area contributed by atoms with Gasteiger partial charge in [-0.1, -0.05) is 23.7 Å². The van der Waals surface area contributed by atoms with Crippen LogP contribution in [0, 0.1) is 0 Å². The van der Waals surface area contributed by atoms with Gasteiger partial charge >= 0.3 is 5.97 Å². The summed E-state index contributed by atoms with van der Waals surface area (Å²) in [6.07, 6.45) is 0. The van der Waals surface area contributed by atoms with Gasteiger partial charge in [-0.25, -0.2) is 4.79 Å². The first-order valence-corrected chi connectivity index (χ1v) is 8.34. The number of halogens is 1. The Labute approximate surface area is 162 Å². The Kier molecular flexibility index (Phi) is 7.31. The second-order valence-corrected chi connectivity index (χ2v) is 5.80. The summed E-state index contributed by atoms with van der Waals surface area (Å²) < 4.78 is 20.3. The minimum Gasteiger partial charge on any atom is -0.497 e. The number of nitrogens with one attached hydrogen (secondary N) is 1. The van der Waals surface area contributed by atoms with E-state index in [4.69, 9.17) is 30.5 Å². The van der Waals surface area contributed by atoms with Gasteiger partial charge in [-0.2, -0.15) is 0 Å². The molecule has 0 spiro atoms. The number of rotatable bonds is 8. The van der Waals surface area contributed by atoms with Gasteiger partial charge in [0.15, 0.2) is 18.1 Å². The Morgan fingerprint density at radius 3 is 2.30 bits per heavy atom. The highest BCUT2D eigenvalue weighted by molar-refractivity contribution is 6.32. The number of hydrogen-bond acceptors (Lipinski definition) is 6. The number of esters is 1. The van der Waals surface area contributed by atoms with Crippen LogP contribution in [0.1, 0.15) is 15.9 Å². The zero-order valence-electron chi connectivity index (χ0n) is 15.2. The maximum absolute atomic E-state index is 12.1. The van der Waals surface area contributed by atoms with Crippen molar-refractivity contribution in [1.29, 1.82) is 0 Å². The molecule has 7 nitrogen and oxygen atoms in total. The summed E-state index contributed by atoms with van der Waals surface area (Å²) >= 11 is 6.06. The van der Waals surface area contributed by atoms with E-state index < -0.39 is 18.5 Å². The van der Waals surface area contributed by atoms with Crippen LogP contribution in [0.15, 0.2) is 36.4 Å². The monoisotopic (exact) mass is 393 g/mol. The molecule has 2 aromatic carbocycles. The van der Waals surface area contributed by atoms with Crippen molar-refractivity contribution in [2.24, 2.45) is 0 Å². The lowest BCUT2D eigenvalue weighted by Gasteiger charge is -2.11.